The maximum Gasteiger partial charge on any atom is 0.338 e. The number of rotatable bonds is 4. The molecule has 5 nitrogen and oxygen atoms in total. The molecule has 1 aromatic rings. The summed E-state index contributed by atoms with van der Waals surface area (Å²) < 4.78 is 15.0. The monoisotopic (exact) mass is 248 g/mol. The highest BCUT2D eigenvalue weighted by molar-refractivity contribution is 5.89. The van der Waals surface area contributed by atoms with Gasteiger partial charge in [0.2, 0.25) is 0 Å². The zero-order valence-corrected chi connectivity index (χ0v) is 9.79. The summed E-state index contributed by atoms with van der Waals surface area (Å²) in [6, 6.07) is 8.54. The average molecular weight is 248 g/mol. The number of benzene rings is 1. The molecule has 1 aliphatic rings. The van der Waals surface area contributed by atoms with E-state index in [1.54, 1.807) is 30.3 Å². The Kier molecular flexibility index (Phi) is 3.43. The van der Waals surface area contributed by atoms with Crippen molar-refractivity contribution in [1.29, 1.82) is 0 Å². The van der Waals surface area contributed by atoms with Gasteiger partial charge in [-0.1, -0.05) is 18.2 Å². The molecule has 0 amide bonds. The highest BCUT2D eigenvalue weighted by Crippen LogP contribution is 2.21. The molecule has 0 N–H and O–H groups in total. The van der Waals surface area contributed by atoms with Gasteiger partial charge in [-0.3, -0.25) is 0 Å². The maximum absolute atomic E-state index is 11.7. The van der Waals surface area contributed by atoms with Crippen LogP contribution < -0.4 is 0 Å². The SMILES string of the molecule is COC1(COC(=O)c2ccccc2)C=CC(=O)O1. The zero-order valence-electron chi connectivity index (χ0n) is 9.79. The topological polar surface area (TPSA) is 61.8 Å². The summed E-state index contributed by atoms with van der Waals surface area (Å²) in [5, 5.41) is 0. The molecule has 1 aromatic carbocycles. The van der Waals surface area contributed by atoms with E-state index >= 15 is 0 Å². The highest BCUT2D eigenvalue weighted by Gasteiger charge is 2.37. The second-order valence-electron chi connectivity index (χ2n) is 3.71. The lowest BCUT2D eigenvalue weighted by Gasteiger charge is -2.23. The predicted molar refractivity (Wildman–Crippen MR) is 61.7 cm³/mol. The molecule has 0 fully saturated rings. The molecule has 1 atom stereocenters. The molecule has 5 heteroatoms. The van der Waals surface area contributed by atoms with Gasteiger partial charge in [0.1, 0.15) is 0 Å². The summed E-state index contributed by atoms with van der Waals surface area (Å²) in [4.78, 5) is 22.7. The average Bonchev–Trinajstić information content (AvgIpc) is 2.79. The second kappa shape index (κ2) is 5.01. The number of hydrogen-bond donors (Lipinski definition) is 0. The molecule has 1 unspecified atom stereocenters. The molecule has 18 heavy (non-hydrogen) atoms. The van der Waals surface area contributed by atoms with Gasteiger partial charge in [-0.15, -0.1) is 0 Å². The molecule has 0 spiro atoms. The number of methoxy groups -OCH3 is 1. The van der Waals surface area contributed by atoms with Crippen LogP contribution in [0.3, 0.4) is 0 Å². The highest BCUT2D eigenvalue weighted by atomic mass is 16.7. The fraction of sp³-hybridized carbons (Fsp3) is 0.231. The summed E-state index contributed by atoms with van der Waals surface area (Å²) in [5.41, 5.74) is 0.428. The first-order valence-electron chi connectivity index (χ1n) is 5.35. The van der Waals surface area contributed by atoms with Crippen molar-refractivity contribution in [1.82, 2.24) is 0 Å². The molecule has 2 rings (SSSR count). The molecule has 0 saturated carbocycles. The summed E-state index contributed by atoms with van der Waals surface area (Å²) in [6.07, 6.45) is 2.66. The van der Waals surface area contributed by atoms with Crippen molar-refractivity contribution in [2.45, 2.75) is 5.79 Å². The zero-order chi connectivity index (χ0) is 13.0. The van der Waals surface area contributed by atoms with Crippen molar-refractivity contribution in [3.05, 3.63) is 48.0 Å². The van der Waals surface area contributed by atoms with Crippen molar-refractivity contribution in [3.63, 3.8) is 0 Å². The number of carbonyl (C=O) groups is 2. The molecular formula is C13H12O5. The first-order chi connectivity index (χ1) is 8.65. The molecule has 0 aliphatic carbocycles. The Morgan fingerprint density at radius 2 is 2.06 bits per heavy atom. The largest absolute Gasteiger partial charge is 0.455 e. The standard InChI is InChI=1S/C13H12O5/c1-16-13(8-7-11(14)18-13)9-17-12(15)10-5-3-2-4-6-10/h2-8H,9H2,1H3. The van der Waals surface area contributed by atoms with E-state index in [0.29, 0.717) is 5.56 Å². The Labute approximate surface area is 104 Å². The van der Waals surface area contributed by atoms with Gasteiger partial charge in [-0.25, -0.2) is 9.59 Å². The summed E-state index contributed by atoms with van der Waals surface area (Å²) in [6.45, 7) is -0.181. The Bertz CT molecular complexity index is 479. The van der Waals surface area contributed by atoms with Gasteiger partial charge in [0.15, 0.2) is 6.61 Å². The number of cyclic esters (lactones) is 1. The van der Waals surface area contributed by atoms with Gasteiger partial charge in [0.25, 0.3) is 5.79 Å². The van der Waals surface area contributed by atoms with Gasteiger partial charge < -0.3 is 14.2 Å². The molecule has 0 bridgehead atoms. The van der Waals surface area contributed by atoms with Crippen molar-refractivity contribution < 1.29 is 23.8 Å². The summed E-state index contributed by atoms with van der Waals surface area (Å²) in [7, 11) is 1.37. The van der Waals surface area contributed by atoms with Crippen molar-refractivity contribution >= 4 is 11.9 Å². The van der Waals surface area contributed by atoms with Gasteiger partial charge in [-0.05, 0) is 18.2 Å². The molecule has 0 aromatic heterocycles. The molecule has 0 radical (unpaired) electrons. The third-order valence-corrected chi connectivity index (χ3v) is 2.51. The molecule has 1 heterocycles. The van der Waals surface area contributed by atoms with Gasteiger partial charge in [0.05, 0.1) is 5.56 Å². The first kappa shape index (κ1) is 12.3. The van der Waals surface area contributed by atoms with E-state index in [-0.39, 0.29) is 6.61 Å². The van der Waals surface area contributed by atoms with E-state index in [0.717, 1.165) is 0 Å². The fourth-order valence-corrected chi connectivity index (χ4v) is 1.50. The third-order valence-electron chi connectivity index (χ3n) is 2.51. The number of carbonyl (C=O) groups excluding carboxylic acids is 2. The van der Waals surface area contributed by atoms with Gasteiger partial charge >= 0.3 is 11.9 Å². The quantitative estimate of drug-likeness (QED) is 0.751. The third kappa shape index (κ3) is 2.57. The van der Waals surface area contributed by atoms with Crippen LogP contribution in [-0.2, 0) is 19.0 Å². The van der Waals surface area contributed by atoms with E-state index < -0.39 is 17.7 Å². The molecule has 0 saturated heterocycles. The normalized spacial score (nSPS) is 21.7. The maximum atomic E-state index is 11.7. The first-order valence-corrected chi connectivity index (χ1v) is 5.35. The smallest absolute Gasteiger partial charge is 0.338 e. The van der Waals surface area contributed by atoms with Crippen LogP contribution in [0.1, 0.15) is 10.4 Å². The van der Waals surface area contributed by atoms with Crippen LogP contribution in [0.15, 0.2) is 42.5 Å². The Morgan fingerprint density at radius 1 is 1.33 bits per heavy atom. The van der Waals surface area contributed by atoms with Crippen LogP contribution in [0.4, 0.5) is 0 Å². The van der Waals surface area contributed by atoms with E-state index in [2.05, 4.69) is 0 Å². The van der Waals surface area contributed by atoms with Crippen molar-refractivity contribution in [3.8, 4) is 0 Å². The predicted octanol–water partition coefficient (Wildman–Crippen LogP) is 1.30. The Morgan fingerprint density at radius 3 is 2.61 bits per heavy atom. The summed E-state index contributed by atoms with van der Waals surface area (Å²) in [5.74, 6) is -2.32. The minimum atomic E-state index is -1.30. The summed E-state index contributed by atoms with van der Waals surface area (Å²) >= 11 is 0. The van der Waals surface area contributed by atoms with Crippen molar-refractivity contribution in [2.24, 2.45) is 0 Å². The minimum absolute atomic E-state index is 0.181. The van der Waals surface area contributed by atoms with Crippen LogP contribution in [0.25, 0.3) is 0 Å². The Hall–Kier alpha value is -2.14. The second-order valence-corrected chi connectivity index (χ2v) is 3.71. The molecule has 1 aliphatic heterocycles. The lowest BCUT2D eigenvalue weighted by Crippen LogP contribution is -2.37. The van der Waals surface area contributed by atoms with Crippen LogP contribution in [0.2, 0.25) is 0 Å². The number of hydrogen-bond acceptors (Lipinski definition) is 5. The van der Waals surface area contributed by atoms with Crippen LogP contribution >= 0.6 is 0 Å². The number of ether oxygens (including phenoxy) is 3. The van der Waals surface area contributed by atoms with E-state index in [1.807, 2.05) is 0 Å². The van der Waals surface area contributed by atoms with E-state index in [1.165, 1.54) is 19.3 Å². The number of esters is 2. The van der Waals surface area contributed by atoms with Crippen LogP contribution in [-0.4, -0.2) is 31.4 Å². The lowest BCUT2D eigenvalue weighted by atomic mass is 10.2. The minimum Gasteiger partial charge on any atom is -0.455 e. The Balaban J connectivity index is 1.98. The van der Waals surface area contributed by atoms with E-state index in [9.17, 15) is 9.59 Å². The van der Waals surface area contributed by atoms with Crippen molar-refractivity contribution in [2.75, 3.05) is 13.7 Å². The molecular weight excluding hydrogens is 236 g/mol. The van der Waals surface area contributed by atoms with Crippen LogP contribution in [0.5, 0.6) is 0 Å². The fourth-order valence-electron chi connectivity index (χ4n) is 1.50. The molecule has 94 valence electrons. The lowest BCUT2D eigenvalue weighted by molar-refractivity contribution is -0.200. The van der Waals surface area contributed by atoms with Crippen LogP contribution in [0, 0.1) is 0 Å². The van der Waals surface area contributed by atoms with Gasteiger partial charge in [-0.2, -0.15) is 0 Å². The van der Waals surface area contributed by atoms with E-state index in [4.69, 9.17) is 14.2 Å². The van der Waals surface area contributed by atoms with Gasteiger partial charge in [0, 0.05) is 13.2 Å².